The van der Waals surface area contributed by atoms with Crippen LogP contribution in [0.5, 0.6) is 11.5 Å². The van der Waals surface area contributed by atoms with Crippen molar-refractivity contribution in [2.24, 2.45) is 0 Å². The highest BCUT2D eigenvalue weighted by molar-refractivity contribution is 5.40. The van der Waals surface area contributed by atoms with Crippen molar-refractivity contribution in [2.75, 3.05) is 19.0 Å². The number of fused-ring (bicyclic) bond motifs is 1. The largest absolute Gasteiger partial charge is 0.497 e. The molecule has 1 N–H and O–H groups in total. The van der Waals surface area contributed by atoms with E-state index in [1.807, 2.05) is 35.9 Å². The molecule has 1 aliphatic rings. The number of ether oxygens (including phenoxy) is 2. The van der Waals surface area contributed by atoms with Gasteiger partial charge in [-0.05, 0) is 48.7 Å². The normalized spacial score (nSPS) is 18.7. The highest BCUT2D eigenvalue weighted by Crippen LogP contribution is 2.38. The van der Waals surface area contributed by atoms with Crippen LogP contribution in [0.1, 0.15) is 36.6 Å². The first-order valence-electron chi connectivity index (χ1n) is 8.81. The summed E-state index contributed by atoms with van der Waals surface area (Å²) in [6.45, 7) is 2.65. The van der Waals surface area contributed by atoms with Crippen molar-refractivity contribution in [2.45, 2.75) is 25.4 Å². The highest BCUT2D eigenvalue weighted by atomic mass is 16.5. The molecule has 2 aromatic carbocycles. The number of hydrogen-bond donors (Lipinski definition) is 1. The van der Waals surface area contributed by atoms with Crippen molar-refractivity contribution in [3.63, 3.8) is 0 Å². The highest BCUT2D eigenvalue weighted by Gasteiger charge is 2.29. The van der Waals surface area contributed by atoms with Crippen molar-refractivity contribution >= 4 is 5.95 Å². The van der Waals surface area contributed by atoms with Gasteiger partial charge >= 0.3 is 0 Å². The van der Waals surface area contributed by atoms with Gasteiger partial charge in [0.05, 0.1) is 25.8 Å². The fraction of sp³-hybridized carbons (Fsp3) is 0.300. The lowest BCUT2D eigenvalue weighted by Crippen LogP contribution is -2.28. The second kappa shape index (κ2) is 7.07. The Bertz CT molecular complexity index is 858. The molecule has 2 heterocycles. The van der Waals surface area contributed by atoms with Crippen molar-refractivity contribution in [3.05, 3.63) is 66.0 Å². The van der Waals surface area contributed by atoms with Crippen LogP contribution in [0.3, 0.4) is 0 Å². The number of anilines is 1. The lowest BCUT2D eigenvalue weighted by atomic mass is 9.93. The quantitative estimate of drug-likeness (QED) is 0.758. The molecule has 1 aromatic heterocycles. The molecular formula is C20H22N4O2. The number of methoxy groups -OCH3 is 1. The van der Waals surface area contributed by atoms with Gasteiger partial charge in [0.2, 0.25) is 5.95 Å². The van der Waals surface area contributed by atoms with E-state index in [4.69, 9.17) is 9.47 Å². The van der Waals surface area contributed by atoms with Crippen LogP contribution in [-0.4, -0.2) is 28.5 Å². The molecule has 0 amide bonds. The molecule has 0 bridgehead atoms. The van der Waals surface area contributed by atoms with Crippen LogP contribution in [0.2, 0.25) is 0 Å². The third-order valence-corrected chi connectivity index (χ3v) is 4.72. The lowest BCUT2D eigenvalue weighted by molar-refractivity contribution is 0.340. The van der Waals surface area contributed by atoms with Gasteiger partial charge in [0, 0.05) is 0 Å². The summed E-state index contributed by atoms with van der Waals surface area (Å²) in [5.41, 5.74) is 2.40. The van der Waals surface area contributed by atoms with E-state index in [9.17, 15) is 0 Å². The Kier molecular flexibility index (Phi) is 4.48. The smallest absolute Gasteiger partial charge is 0.222 e. The molecule has 0 saturated heterocycles. The van der Waals surface area contributed by atoms with E-state index >= 15 is 0 Å². The molecule has 0 unspecified atom stereocenters. The van der Waals surface area contributed by atoms with Crippen LogP contribution in [0.25, 0.3) is 0 Å². The monoisotopic (exact) mass is 350 g/mol. The Labute approximate surface area is 152 Å². The van der Waals surface area contributed by atoms with E-state index in [1.54, 1.807) is 13.4 Å². The third kappa shape index (κ3) is 3.10. The van der Waals surface area contributed by atoms with E-state index in [1.165, 1.54) is 11.1 Å². The maximum atomic E-state index is 5.56. The lowest BCUT2D eigenvalue weighted by Gasteiger charge is -2.32. The minimum absolute atomic E-state index is 0.122. The predicted octanol–water partition coefficient (Wildman–Crippen LogP) is 3.83. The van der Waals surface area contributed by atoms with Crippen LogP contribution < -0.4 is 14.8 Å². The number of aromatic nitrogens is 3. The average molecular weight is 350 g/mol. The van der Waals surface area contributed by atoms with Gasteiger partial charge in [0.1, 0.15) is 17.8 Å². The summed E-state index contributed by atoms with van der Waals surface area (Å²) < 4.78 is 12.8. The van der Waals surface area contributed by atoms with Crippen LogP contribution in [-0.2, 0) is 0 Å². The van der Waals surface area contributed by atoms with Crippen molar-refractivity contribution in [3.8, 4) is 11.5 Å². The standard InChI is InChI=1S/C20H22N4O2/c1-3-26-17-10-6-15(7-11-17)19-12-18(23-20-21-13-22-24(19)20)14-4-8-16(25-2)9-5-14/h4-11,13,18-19H,3,12H2,1-2H3,(H,21,22,23)/t18-,19+/m1/s1. The SMILES string of the molecule is CCOc1ccc([C@@H]2C[C@H](c3ccc(OC)cc3)Nc3ncnn32)cc1. The molecule has 6 nitrogen and oxygen atoms in total. The third-order valence-electron chi connectivity index (χ3n) is 4.72. The van der Waals surface area contributed by atoms with Gasteiger partial charge in [-0.2, -0.15) is 10.1 Å². The molecule has 134 valence electrons. The molecule has 2 atom stereocenters. The average Bonchev–Trinajstić information content (AvgIpc) is 3.17. The van der Waals surface area contributed by atoms with Crippen LogP contribution >= 0.6 is 0 Å². The van der Waals surface area contributed by atoms with Crippen molar-refractivity contribution in [1.29, 1.82) is 0 Å². The van der Waals surface area contributed by atoms with E-state index in [0.717, 1.165) is 23.9 Å². The summed E-state index contributed by atoms with van der Waals surface area (Å²) in [4.78, 5) is 4.38. The zero-order chi connectivity index (χ0) is 17.9. The molecule has 0 fully saturated rings. The fourth-order valence-corrected chi connectivity index (χ4v) is 3.41. The minimum Gasteiger partial charge on any atom is -0.497 e. The van der Waals surface area contributed by atoms with E-state index in [0.29, 0.717) is 6.61 Å². The van der Waals surface area contributed by atoms with Gasteiger partial charge in [-0.1, -0.05) is 24.3 Å². The Morgan fingerprint density at radius 1 is 1.04 bits per heavy atom. The number of rotatable bonds is 5. The van der Waals surface area contributed by atoms with Gasteiger partial charge < -0.3 is 14.8 Å². The molecule has 0 saturated carbocycles. The van der Waals surface area contributed by atoms with Crippen molar-refractivity contribution in [1.82, 2.24) is 14.8 Å². The van der Waals surface area contributed by atoms with Gasteiger partial charge in [0.15, 0.2) is 0 Å². The Balaban J connectivity index is 1.63. The number of nitrogens with zero attached hydrogens (tertiary/aromatic N) is 3. The maximum absolute atomic E-state index is 5.56. The fourth-order valence-electron chi connectivity index (χ4n) is 3.41. The summed E-state index contributed by atoms with van der Waals surface area (Å²) in [6.07, 6.45) is 2.48. The first kappa shape index (κ1) is 16.4. The molecule has 6 heteroatoms. The molecule has 0 aliphatic carbocycles. The number of hydrogen-bond acceptors (Lipinski definition) is 5. The summed E-state index contributed by atoms with van der Waals surface area (Å²) in [7, 11) is 1.68. The van der Waals surface area contributed by atoms with Gasteiger partial charge in [-0.25, -0.2) is 4.68 Å². The molecule has 26 heavy (non-hydrogen) atoms. The molecule has 0 radical (unpaired) electrons. The molecule has 4 rings (SSSR count). The summed E-state index contributed by atoms with van der Waals surface area (Å²) >= 11 is 0. The number of nitrogens with one attached hydrogen (secondary N) is 1. The van der Waals surface area contributed by atoms with Crippen LogP contribution in [0.4, 0.5) is 5.95 Å². The summed E-state index contributed by atoms with van der Waals surface area (Å²) in [6, 6.07) is 16.7. The van der Waals surface area contributed by atoms with Crippen LogP contribution in [0.15, 0.2) is 54.9 Å². The summed E-state index contributed by atoms with van der Waals surface area (Å²) in [5, 5.41) is 7.91. The first-order chi connectivity index (χ1) is 12.8. The van der Waals surface area contributed by atoms with E-state index in [-0.39, 0.29) is 12.1 Å². The van der Waals surface area contributed by atoms with Crippen molar-refractivity contribution < 1.29 is 9.47 Å². The second-order valence-electron chi connectivity index (χ2n) is 6.25. The molecule has 0 spiro atoms. The summed E-state index contributed by atoms with van der Waals surface area (Å²) in [5.74, 6) is 2.53. The van der Waals surface area contributed by atoms with Gasteiger partial charge in [-0.3, -0.25) is 0 Å². The topological polar surface area (TPSA) is 61.2 Å². The molecular weight excluding hydrogens is 328 g/mol. The number of benzene rings is 2. The Morgan fingerprint density at radius 2 is 1.73 bits per heavy atom. The van der Waals surface area contributed by atoms with Gasteiger partial charge in [-0.15, -0.1) is 0 Å². The Hall–Kier alpha value is -3.02. The van der Waals surface area contributed by atoms with E-state index in [2.05, 4.69) is 39.7 Å². The Morgan fingerprint density at radius 3 is 2.42 bits per heavy atom. The minimum atomic E-state index is 0.122. The van der Waals surface area contributed by atoms with E-state index < -0.39 is 0 Å². The molecule has 3 aromatic rings. The maximum Gasteiger partial charge on any atom is 0.222 e. The van der Waals surface area contributed by atoms with Crippen LogP contribution in [0, 0.1) is 0 Å². The van der Waals surface area contributed by atoms with Gasteiger partial charge in [0.25, 0.3) is 0 Å². The first-order valence-corrected chi connectivity index (χ1v) is 8.81. The predicted molar refractivity (Wildman–Crippen MR) is 99.7 cm³/mol. The molecule has 1 aliphatic heterocycles. The zero-order valence-electron chi connectivity index (χ0n) is 14.9. The zero-order valence-corrected chi connectivity index (χ0v) is 14.9. The second-order valence-corrected chi connectivity index (χ2v) is 6.25.